The Labute approximate surface area is 332 Å². The van der Waals surface area contributed by atoms with Gasteiger partial charge in [-0.15, -0.1) is 0 Å². The quantitative estimate of drug-likeness (QED) is 0.169. The fourth-order valence-electron chi connectivity index (χ4n) is 9.81. The van der Waals surface area contributed by atoms with E-state index in [0.717, 1.165) is 60.4 Å². The Bertz CT molecular complexity index is 3760. The summed E-state index contributed by atoms with van der Waals surface area (Å²) >= 11 is 0. The molecule has 0 aliphatic heterocycles. The highest BCUT2D eigenvalue weighted by atomic mass is 15.2. The predicted molar refractivity (Wildman–Crippen MR) is 244 cm³/mol. The number of aromatic nitrogens is 4. The van der Waals surface area contributed by atoms with Crippen molar-refractivity contribution in [3.8, 4) is 22.9 Å². The molecule has 3 heterocycles. The number of nitrogens with zero attached hydrogens (tertiary/aromatic N) is 4. The number of hydrogen-bond acceptors (Lipinski definition) is 2. The van der Waals surface area contributed by atoms with E-state index < -0.39 is 0 Å². The molecule has 13 aromatic rings. The highest BCUT2D eigenvalue weighted by molar-refractivity contribution is 6.29. The molecule has 4 nitrogen and oxygen atoms in total. The molecule has 0 radical (unpaired) electrons. The minimum atomic E-state index is 0.653. The zero-order chi connectivity index (χ0) is 37.9. The van der Waals surface area contributed by atoms with Crippen molar-refractivity contribution in [1.82, 2.24) is 19.1 Å². The molecular formula is C54H32N4. The second-order valence-corrected chi connectivity index (χ2v) is 15.3. The van der Waals surface area contributed by atoms with Crippen LogP contribution < -0.4 is 0 Å². The van der Waals surface area contributed by atoms with Gasteiger partial charge in [-0.1, -0.05) is 158 Å². The summed E-state index contributed by atoms with van der Waals surface area (Å²) in [5, 5.41) is 15.6. The number of hydrogen-bond donors (Lipinski definition) is 0. The SMILES string of the molecule is c1ccc(-c2nc(-n3c4ccccc4c4cc(-n5c6ccc7ccccc7c6c6c7ccccc7ccc65)ccc43)nc3c4ccccc4c4ccccc4c23)cc1. The van der Waals surface area contributed by atoms with Gasteiger partial charge in [-0.05, 0) is 74.1 Å². The van der Waals surface area contributed by atoms with Crippen LogP contribution in [0.15, 0.2) is 194 Å². The molecule has 0 N–H and O–H groups in total. The van der Waals surface area contributed by atoms with E-state index in [1.54, 1.807) is 0 Å². The summed E-state index contributed by atoms with van der Waals surface area (Å²) in [7, 11) is 0. The number of fused-ring (bicyclic) bond motifs is 16. The molecule has 13 rings (SSSR count). The first kappa shape index (κ1) is 31.4. The third-order valence-electron chi connectivity index (χ3n) is 12.3. The summed E-state index contributed by atoms with van der Waals surface area (Å²) in [6, 6.07) is 70.1. The Kier molecular flexibility index (Phi) is 6.41. The molecule has 0 unspecified atom stereocenters. The number of rotatable bonds is 3. The van der Waals surface area contributed by atoms with E-state index >= 15 is 0 Å². The molecule has 268 valence electrons. The van der Waals surface area contributed by atoms with E-state index in [-0.39, 0.29) is 0 Å². The molecule has 0 aliphatic rings. The Morgan fingerprint density at radius 2 is 0.828 bits per heavy atom. The average molecular weight is 737 g/mol. The van der Waals surface area contributed by atoms with Gasteiger partial charge in [-0.3, -0.25) is 4.57 Å². The van der Waals surface area contributed by atoms with E-state index in [2.05, 4.69) is 203 Å². The molecule has 0 saturated heterocycles. The van der Waals surface area contributed by atoms with Crippen LogP contribution in [0, 0.1) is 0 Å². The number of para-hydroxylation sites is 1. The van der Waals surface area contributed by atoms with E-state index in [1.165, 1.54) is 54.1 Å². The molecular weight excluding hydrogens is 705 g/mol. The number of benzene rings is 10. The van der Waals surface area contributed by atoms with Gasteiger partial charge in [0.05, 0.1) is 33.3 Å². The fraction of sp³-hybridized carbons (Fsp3) is 0. The maximum atomic E-state index is 5.54. The van der Waals surface area contributed by atoms with Crippen LogP contribution in [0.5, 0.6) is 0 Å². The van der Waals surface area contributed by atoms with Crippen LogP contribution >= 0.6 is 0 Å². The highest BCUT2D eigenvalue weighted by Gasteiger charge is 2.22. The van der Waals surface area contributed by atoms with E-state index in [1.807, 2.05) is 0 Å². The summed E-state index contributed by atoms with van der Waals surface area (Å²) in [6.45, 7) is 0. The van der Waals surface area contributed by atoms with Crippen molar-refractivity contribution in [2.75, 3.05) is 0 Å². The first-order valence-electron chi connectivity index (χ1n) is 19.8. The molecule has 58 heavy (non-hydrogen) atoms. The Balaban J connectivity index is 1.13. The fourth-order valence-corrected chi connectivity index (χ4v) is 9.81. The van der Waals surface area contributed by atoms with Gasteiger partial charge >= 0.3 is 0 Å². The molecule has 0 spiro atoms. The van der Waals surface area contributed by atoms with Crippen molar-refractivity contribution < 1.29 is 0 Å². The first-order chi connectivity index (χ1) is 28.8. The third-order valence-corrected chi connectivity index (χ3v) is 12.3. The third kappa shape index (κ3) is 4.29. The minimum Gasteiger partial charge on any atom is -0.309 e. The molecule has 10 aromatic carbocycles. The molecule has 0 atom stereocenters. The van der Waals surface area contributed by atoms with E-state index in [9.17, 15) is 0 Å². The van der Waals surface area contributed by atoms with Crippen molar-refractivity contribution in [2.24, 2.45) is 0 Å². The molecule has 0 bridgehead atoms. The van der Waals surface area contributed by atoms with Crippen molar-refractivity contribution in [1.29, 1.82) is 0 Å². The molecule has 0 amide bonds. The lowest BCUT2D eigenvalue weighted by Gasteiger charge is -2.16. The first-order valence-corrected chi connectivity index (χ1v) is 19.8. The van der Waals surface area contributed by atoms with Gasteiger partial charge in [-0.2, -0.15) is 0 Å². The van der Waals surface area contributed by atoms with Crippen LogP contribution in [-0.2, 0) is 0 Å². The van der Waals surface area contributed by atoms with Crippen molar-refractivity contribution in [3.63, 3.8) is 0 Å². The van der Waals surface area contributed by atoms with Gasteiger partial charge < -0.3 is 4.57 Å². The van der Waals surface area contributed by atoms with Crippen LogP contribution in [-0.4, -0.2) is 19.1 Å². The van der Waals surface area contributed by atoms with E-state index in [0.29, 0.717) is 5.95 Å². The second-order valence-electron chi connectivity index (χ2n) is 15.3. The Morgan fingerprint density at radius 1 is 0.310 bits per heavy atom. The summed E-state index contributed by atoms with van der Waals surface area (Å²) in [5.41, 5.74) is 8.56. The maximum absolute atomic E-state index is 5.54. The summed E-state index contributed by atoms with van der Waals surface area (Å²) in [6.07, 6.45) is 0. The Morgan fingerprint density at radius 3 is 1.52 bits per heavy atom. The smallest absolute Gasteiger partial charge is 0.235 e. The van der Waals surface area contributed by atoms with Crippen LogP contribution in [0.3, 0.4) is 0 Å². The van der Waals surface area contributed by atoms with Crippen LogP contribution in [0.1, 0.15) is 0 Å². The summed E-state index contributed by atoms with van der Waals surface area (Å²) in [5.74, 6) is 0.653. The van der Waals surface area contributed by atoms with Gasteiger partial charge in [0.15, 0.2) is 0 Å². The normalized spacial score (nSPS) is 12.1. The van der Waals surface area contributed by atoms with Crippen LogP contribution in [0.2, 0.25) is 0 Å². The second kappa shape index (κ2) is 11.8. The molecule has 0 saturated carbocycles. The molecule has 0 aliphatic carbocycles. The zero-order valence-electron chi connectivity index (χ0n) is 31.3. The summed E-state index contributed by atoms with van der Waals surface area (Å²) in [4.78, 5) is 11.1. The van der Waals surface area contributed by atoms with E-state index in [4.69, 9.17) is 9.97 Å². The zero-order valence-corrected chi connectivity index (χ0v) is 31.3. The van der Waals surface area contributed by atoms with Crippen molar-refractivity contribution >= 4 is 97.6 Å². The summed E-state index contributed by atoms with van der Waals surface area (Å²) < 4.78 is 4.71. The average Bonchev–Trinajstić information content (AvgIpc) is 3.82. The lowest BCUT2D eigenvalue weighted by molar-refractivity contribution is 1.02. The standard InChI is InChI=1S/C54H32N4/c1-2-16-35(17-3-1)52-51-42-23-10-8-20-39(42)40-21-9-11-24-43(40)53(51)56-54(55-52)58-45-25-13-12-22-41(45)44-32-36(28-31-46(44)58)57-47-29-26-33-14-4-6-18-37(33)49(47)50-38-19-7-5-15-34(38)27-30-48(50)57/h1-32H. The van der Waals surface area contributed by atoms with Gasteiger partial charge in [0.2, 0.25) is 5.95 Å². The van der Waals surface area contributed by atoms with Gasteiger partial charge in [-0.25, -0.2) is 9.97 Å². The van der Waals surface area contributed by atoms with Gasteiger partial charge in [0, 0.05) is 43.6 Å². The lowest BCUT2D eigenvalue weighted by atomic mass is 9.94. The monoisotopic (exact) mass is 736 g/mol. The van der Waals surface area contributed by atoms with Crippen molar-refractivity contribution in [2.45, 2.75) is 0 Å². The maximum Gasteiger partial charge on any atom is 0.235 e. The molecule has 0 fully saturated rings. The Hall–Kier alpha value is -7.82. The van der Waals surface area contributed by atoms with Gasteiger partial charge in [0.1, 0.15) is 0 Å². The topological polar surface area (TPSA) is 35.6 Å². The highest BCUT2D eigenvalue weighted by Crippen LogP contribution is 2.43. The van der Waals surface area contributed by atoms with Crippen molar-refractivity contribution in [3.05, 3.63) is 194 Å². The minimum absolute atomic E-state index is 0.653. The largest absolute Gasteiger partial charge is 0.309 e. The molecule has 4 heteroatoms. The van der Waals surface area contributed by atoms with Crippen LogP contribution in [0.25, 0.3) is 120 Å². The molecule has 3 aromatic heterocycles. The van der Waals surface area contributed by atoms with Crippen LogP contribution in [0.4, 0.5) is 0 Å². The lowest BCUT2D eigenvalue weighted by Crippen LogP contribution is -2.04. The predicted octanol–water partition coefficient (Wildman–Crippen LogP) is 14.1. The van der Waals surface area contributed by atoms with Gasteiger partial charge in [0.25, 0.3) is 0 Å².